The monoisotopic (exact) mass is 386 g/mol. The molecule has 0 bridgehead atoms. The van der Waals surface area contributed by atoms with Crippen molar-refractivity contribution in [2.75, 3.05) is 7.11 Å². The molecule has 0 fully saturated rings. The van der Waals surface area contributed by atoms with Gasteiger partial charge in [-0.25, -0.2) is 4.99 Å². The van der Waals surface area contributed by atoms with Crippen molar-refractivity contribution in [3.63, 3.8) is 0 Å². The summed E-state index contributed by atoms with van der Waals surface area (Å²) in [6, 6.07) is 5.13. The topological polar surface area (TPSA) is 67.8 Å². The van der Waals surface area contributed by atoms with Crippen molar-refractivity contribution in [1.29, 1.82) is 0 Å². The third-order valence-electron chi connectivity index (χ3n) is 3.85. The number of rotatable bonds is 2. The van der Waals surface area contributed by atoms with Gasteiger partial charge < -0.3 is 10.1 Å². The number of amides is 2. The van der Waals surface area contributed by atoms with E-state index in [0.717, 1.165) is 11.3 Å². The van der Waals surface area contributed by atoms with Crippen LogP contribution in [0.3, 0.4) is 0 Å². The highest BCUT2D eigenvalue weighted by Gasteiger charge is 2.24. The molecule has 0 saturated carbocycles. The van der Waals surface area contributed by atoms with Crippen molar-refractivity contribution < 1.29 is 14.3 Å². The van der Waals surface area contributed by atoms with Crippen molar-refractivity contribution in [3.05, 3.63) is 63.8 Å². The van der Waals surface area contributed by atoms with Crippen LogP contribution in [-0.4, -0.2) is 24.6 Å². The Labute approximate surface area is 147 Å². The van der Waals surface area contributed by atoms with Gasteiger partial charge in [-0.1, -0.05) is 11.6 Å². The summed E-state index contributed by atoms with van der Waals surface area (Å²) in [5.74, 6) is 0.0663. The second-order valence-electron chi connectivity index (χ2n) is 5.50. The normalized spacial score (nSPS) is 20.9. The number of ether oxygens (including phenoxy) is 1. The number of methoxy groups -OCH3 is 1. The van der Waals surface area contributed by atoms with Crippen LogP contribution in [0.2, 0.25) is 0 Å². The fourth-order valence-electron chi connectivity index (χ4n) is 2.62. The molecule has 6 heteroatoms. The molecule has 0 spiro atoms. The lowest BCUT2D eigenvalue weighted by Gasteiger charge is -2.25. The SMILES string of the molecule is COc1ccc(Br)c(C(=O)N=C2C=CC3C(C)=CC(=O)NC3=C2)c1. The van der Waals surface area contributed by atoms with Gasteiger partial charge in [0.25, 0.3) is 5.91 Å². The van der Waals surface area contributed by atoms with Gasteiger partial charge in [-0.05, 0) is 53.2 Å². The standard InChI is InChI=1S/C18H15BrN2O3/c1-10-7-17(22)21-16-8-11(3-5-13(10)16)20-18(23)14-9-12(24-2)4-6-15(14)19/h3-9,13H,1-2H3,(H,21,22). The summed E-state index contributed by atoms with van der Waals surface area (Å²) in [5, 5.41) is 2.79. The summed E-state index contributed by atoms with van der Waals surface area (Å²) in [6.45, 7) is 1.90. The quantitative estimate of drug-likeness (QED) is 0.848. The summed E-state index contributed by atoms with van der Waals surface area (Å²) in [4.78, 5) is 28.2. The van der Waals surface area contributed by atoms with Gasteiger partial charge in [0.05, 0.1) is 18.4 Å². The van der Waals surface area contributed by atoms with E-state index in [1.54, 1.807) is 43.5 Å². The Bertz CT molecular complexity index is 850. The molecular formula is C18H15BrN2O3. The summed E-state index contributed by atoms with van der Waals surface area (Å²) in [7, 11) is 1.54. The third-order valence-corrected chi connectivity index (χ3v) is 4.54. The Morgan fingerprint density at radius 1 is 1.33 bits per heavy atom. The molecule has 1 aromatic rings. The van der Waals surface area contributed by atoms with Crippen molar-refractivity contribution in [1.82, 2.24) is 5.32 Å². The van der Waals surface area contributed by atoms with E-state index in [9.17, 15) is 9.59 Å². The molecule has 2 aliphatic rings. The first-order valence-electron chi connectivity index (χ1n) is 7.33. The van der Waals surface area contributed by atoms with E-state index < -0.39 is 0 Å². The predicted octanol–water partition coefficient (Wildman–Crippen LogP) is 3.18. The Kier molecular flexibility index (Phi) is 4.49. The third kappa shape index (κ3) is 3.23. The minimum absolute atomic E-state index is 0.0281. The minimum Gasteiger partial charge on any atom is -0.497 e. The molecule has 1 aliphatic carbocycles. The van der Waals surface area contributed by atoms with Crippen LogP contribution in [0.4, 0.5) is 0 Å². The Balaban J connectivity index is 1.90. The number of hydrogen-bond donors (Lipinski definition) is 1. The highest BCUT2D eigenvalue weighted by Crippen LogP contribution is 2.27. The van der Waals surface area contributed by atoms with Gasteiger partial charge in [0.1, 0.15) is 5.75 Å². The van der Waals surface area contributed by atoms with E-state index >= 15 is 0 Å². The lowest BCUT2D eigenvalue weighted by atomic mass is 9.89. The number of allylic oxidation sites excluding steroid dienone is 3. The molecule has 24 heavy (non-hydrogen) atoms. The van der Waals surface area contributed by atoms with Gasteiger partial charge in [0.15, 0.2) is 0 Å². The number of nitrogens with zero attached hydrogens (tertiary/aromatic N) is 1. The molecule has 1 N–H and O–H groups in total. The minimum atomic E-state index is -0.384. The number of halogens is 1. The Morgan fingerprint density at radius 3 is 2.88 bits per heavy atom. The van der Waals surface area contributed by atoms with E-state index in [1.807, 2.05) is 13.0 Å². The molecule has 0 aromatic heterocycles. The zero-order chi connectivity index (χ0) is 17.3. The molecule has 122 valence electrons. The first-order valence-corrected chi connectivity index (χ1v) is 8.13. The van der Waals surface area contributed by atoms with Crippen LogP contribution in [0.25, 0.3) is 0 Å². The zero-order valence-corrected chi connectivity index (χ0v) is 14.8. The summed E-state index contributed by atoms with van der Waals surface area (Å²) in [6.07, 6.45) is 7.01. The zero-order valence-electron chi connectivity index (χ0n) is 13.2. The molecular weight excluding hydrogens is 372 g/mol. The number of fused-ring (bicyclic) bond motifs is 1. The first-order chi connectivity index (χ1) is 11.5. The van der Waals surface area contributed by atoms with E-state index in [0.29, 0.717) is 21.5 Å². The molecule has 1 aromatic carbocycles. The number of hydrogen-bond acceptors (Lipinski definition) is 3. The van der Waals surface area contributed by atoms with Crippen molar-refractivity contribution in [2.45, 2.75) is 6.92 Å². The predicted molar refractivity (Wildman–Crippen MR) is 95.1 cm³/mol. The lowest BCUT2D eigenvalue weighted by Crippen LogP contribution is -2.32. The van der Waals surface area contributed by atoms with Gasteiger partial charge in [-0.2, -0.15) is 0 Å². The number of benzene rings is 1. The Hall–Kier alpha value is -2.47. The van der Waals surface area contributed by atoms with Gasteiger partial charge in [0, 0.05) is 22.2 Å². The van der Waals surface area contributed by atoms with Gasteiger partial charge in [0.2, 0.25) is 5.91 Å². The fourth-order valence-corrected chi connectivity index (χ4v) is 3.04. The highest BCUT2D eigenvalue weighted by atomic mass is 79.9. The van der Waals surface area contributed by atoms with Crippen LogP contribution in [0, 0.1) is 5.92 Å². The number of carbonyl (C=O) groups excluding carboxylic acids is 2. The summed E-state index contributed by atoms with van der Waals surface area (Å²) >= 11 is 3.35. The van der Waals surface area contributed by atoms with Crippen LogP contribution in [0.1, 0.15) is 17.3 Å². The molecule has 1 atom stereocenters. The number of nitrogens with one attached hydrogen (secondary N) is 1. The van der Waals surface area contributed by atoms with Gasteiger partial charge in [-0.15, -0.1) is 0 Å². The summed E-state index contributed by atoms with van der Waals surface area (Å²) < 4.78 is 5.79. The van der Waals surface area contributed by atoms with Crippen molar-refractivity contribution >= 4 is 33.5 Å². The molecule has 0 radical (unpaired) electrons. The van der Waals surface area contributed by atoms with Crippen LogP contribution < -0.4 is 10.1 Å². The second-order valence-corrected chi connectivity index (χ2v) is 6.36. The van der Waals surface area contributed by atoms with E-state index in [1.165, 1.54) is 0 Å². The van der Waals surface area contributed by atoms with Crippen LogP contribution in [0.15, 0.2) is 63.2 Å². The molecule has 2 amide bonds. The van der Waals surface area contributed by atoms with Crippen LogP contribution >= 0.6 is 15.9 Å². The molecule has 1 unspecified atom stereocenters. The van der Waals surface area contributed by atoms with Crippen LogP contribution in [0.5, 0.6) is 5.75 Å². The molecule has 0 saturated heterocycles. The van der Waals surface area contributed by atoms with E-state index in [4.69, 9.17) is 4.74 Å². The maximum Gasteiger partial charge on any atom is 0.278 e. The number of carbonyl (C=O) groups is 2. The molecule has 5 nitrogen and oxygen atoms in total. The molecule has 1 aliphatic heterocycles. The summed E-state index contributed by atoms with van der Waals surface area (Å²) in [5.41, 5.74) is 2.61. The van der Waals surface area contributed by atoms with Gasteiger partial charge in [-0.3, -0.25) is 9.59 Å². The number of aliphatic imine (C=N–C) groups is 1. The highest BCUT2D eigenvalue weighted by molar-refractivity contribution is 9.10. The molecule has 3 rings (SSSR count). The first kappa shape index (κ1) is 16.4. The largest absolute Gasteiger partial charge is 0.497 e. The maximum absolute atomic E-state index is 12.5. The van der Waals surface area contributed by atoms with Gasteiger partial charge >= 0.3 is 0 Å². The average molecular weight is 387 g/mol. The van der Waals surface area contributed by atoms with E-state index in [2.05, 4.69) is 26.2 Å². The van der Waals surface area contributed by atoms with Crippen LogP contribution in [-0.2, 0) is 4.79 Å². The second kappa shape index (κ2) is 6.57. The smallest absolute Gasteiger partial charge is 0.278 e. The van der Waals surface area contributed by atoms with Crippen molar-refractivity contribution in [3.8, 4) is 5.75 Å². The Morgan fingerprint density at radius 2 is 2.12 bits per heavy atom. The maximum atomic E-state index is 12.5. The average Bonchev–Trinajstić information content (AvgIpc) is 2.54. The fraction of sp³-hybridized carbons (Fsp3) is 0.167. The lowest BCUT2D eigenvalue weighted by molar-refractivity contribution is -0.116. The van der Waals surface area contributed by atoms with E-state index in [-0.39, 0.29) is 17.7 Å². The van der Waals surface area contributed by atoms with Crippen molar-refractivity contribution in [2.24, 2.45) is 10.9 Å². The molecule has 1 heterocycles.